The molecule has 0 saturated carbocycles. The van der Waals surface area contributed by atoms with Crippen LogP contribution < -0.4 is 10.5 Å². The standard InChI is InChI=1S/C17H19FN2O3/c1-10-14(9-23-3)16(17(19)21)11(2)20(22)15(10)8-12-4-6-13(18)7-5-12/h4-7H,8-9H2,1-3H3,(H2,19,21). The number of nitrogens with two attached hydrogens (primary N) is 1. The van der Waals surface area contributed by atoms with Gasteiger partial charge in [0.25, 0.3) is 5.91 Å². The molecule has 0 bridgehead atoms. The molecule has 5 nitrogen and oxygen atoms in total. The number of halogens is 1. The van der Waals surface area contributed by atoms with Crippen molar-refractivity contribution in [2.24, 2.45) is 5.73 Å². The first-order valence-electron chi connectivity index (χ1n) is 7.14. The first-order chi connectivity index (χ1) is 10.9. The van der Waals surface area contributed by atoms with Crippen LogP contribution in [-0.2, 0) is 17.8 Å². The quantitative estimate of drug-likeness (QED) is 0.675. The maximum atomic E-state index is 13.0. The number of hydrogen-bond donors (Lipinski definition) is 1. The van der Waals surface area contributed by atoms with Crippen molar-refractivity contribution >= 4 is 5.91 Å². The van der Waals surface area contributed by atoms with Gasteiger partial charge in [-0.05, 0) is 24.6 Å². The maximum Gasteiger partial charge on any atom is 0.255 e. The lowest BCUT2D eigenvalue weighted by Crippen LogP contribution is -2.40. The fraction of sp³-hybridized carbons (Fsp3) is 0.294. The SMILES string of the molecule is COCc1c(C)c(Cc2ccc(F)cc2)[n+]([O-])c(C)c1C(N)=O. The maximum absolute atomic E-state index is 13.0. The predicted molar refractivity (Wildman–Crippen MR) is 83.3 cm³/mol. The van der Waals surface area contributed by atoms with Gasteiger partial charge in [-0.2, -0.15) is 4.73 Å². The molecule has 2 N–H and O–H groups in total. The van der Waals surface area contributed by atoms with Gasteiger partial charge >= 0.3 is 0 Å². The molecule has 122 valence electrons. The third kappa shape index (κ3) is 3.32. The van der Waals surface area contributed by atoms with Crippen LogP contribution in [0.15, 0.2) is 24.3 Å². The molecule has 23 heavy (non-hydrogen) atoms. The average Bonchev–Trinajstić information content (AvgIpc) is 2.51. The van der Waals surface area contributed by atoms with Gasteiger partial charge in [-0.15, -0.1) is 0 Å². The highest BCUT2D eigenvalue weighted by atomic mass is 19.1. The molecule has 6 heteroatoms. The van der Waals surface area contributed by atoms with E-state index >= 15 is 0 Å². The molecule has 2 aromatic rings. The van der Waals surface area contributed by atoms with E-state index in [1.165, 1.54) is 19.2 Å². The topological polar surface area (TPSA) is 79.3 Å². The molecule has 0 spiro atoms. The first-order valence-corrected chi connectivity index (χ1v) is 7.14. The Hall–Kier alpha value is -2.47. The van der Waals surface area contributed by atoms with Gasteiger partial charge in [-0.1, -0.05) is 12.1 Å². The molecule has 0 aliphatic carbocycles. The van der Waals surface area contributed by atoms with E-state index in [-0.39, 0.29) is 23.7 Å². The second kappa shape index (κ2) is 6.75. The summed E-state index contributed by atoms with van der Waals surface area (Å²) < 4.78 is 18.9. The number of rotatable bonds is 5. The molecule has 1 aromatic carbocycles. The molecule has 0 aliphatic heterocycles. The molecule has 1 heterocycles. The van der Waals surface area contributed by atoms with Crippen molar-refractivity contribution in [3.8, 4) is 0 Å². The van der Waals surface area contributed by atoms with E-state index < -0.39 is 5.91 Å². The molecule has 1 aromatic heterocycles. The molecule has 2 rings (SSSR count). The van der Waals surface area contributed by atoms with Crippen LogP contribution in [0.1, 0.15) is 38.4 Å². The van der Waals surface area contributed by atoms with Crippen LogP contribution in [0.3, 0.4) is 0 Å². The van der Waals surface area contributed by atoms with Gasteiger partial charge in [-0.3, -0.25) is 4.79 Å². The fourth-order valence-corrected chi connectivity index (χ4v) is 2.69. The van der Waals surface area contributed by atoms with Crippen molar-refractivity contribution in [3.63, 3.8) is 0 Å². The number of pyridine rings is 1. The number of methoxy groups -OCH3 is 1. The van der Waals surface area contributed by atoms with Gasteiger partial charge in [0.15, 0.2) is 0 Å². The van der Waals surface area contributed by atoms with Crippen LogP contribution in [0.5, 0.6) is 0 Å². The Morgan fingerprint density at radius 3 is 2.43 bits per heavy atom. The van der Waals surface area contributed by atoms with Crippen molar-refractivity contribution in [1.82, 2.24) is 0 Å². The van der Waals surface area contributed by atoms with Crippen LogP contribution in [-0.4, -0.2) is 13.0 Å². The lowest BCUT2D eigenvalue weighted by atomic mass is 9.96. The van der Waals surface area contributed by atoms with Gasteiger partial charge in [0, 0.05) is 25.2 Å². The van der Waals surface area contributed by atoms with Gasteiger partial charge in [0.05, 0.1) is 13.0 Å². The highest BCUT2D eigenvalue weighted by Gasteiger charge is 2.26. The Kier molecular flexibility index (Phi) is 4.95. The summed E-state index contributed by atoms with van der Waals surface area (Å²) in [7, 11) is 1.51. The minimum atomic E-state index is -0.657. The zero-order valence-electron chi connectivity index (χ0n) is 13.4. The Balaban J connectivity index is 2.59. The number of primary amides is 1. The molecule has 0 unspecified atom stereocenters. The lowest BCUT2D eigenvalue weighted by Gasteiger charge is -2.17. The highest BCUT2D eigenvalue weighted by molar-refractivity contribution is 5.95. The Morgan fingerprint density at radius 1 is 1.30 bits per heavy atom. The predicted octanol–water partition coefficient (Wildman–Crippen LogP) is 1.91. The van der Waals surface area contributed by atoms with Crippen LogP contribution in [0.25, 0.3) is 0 Å². The highest BCUT2D eigenvalue weighted by Crippen LogP contribution is 2.21. The van der Waals surface area contributed by atoms with Gasteiger partial charge in [0.2, 0.25) is 11.4 Å². The Morgan fingerprint density at radius 2 is 1.91 bits per heavy atom. The zero-order chi connectivity index (χ0) is 17.1. The number of carbonyl (C=O) groups excluding carboxylic acids is 1. The number of carbonyl (C=O) groups is 1. The third-order valence-corrected chi connectivity index (χ3v) is 3.92. The molecule has 0 atom stereocenters. The monoisotopic (exact) mass is 318 g/mol. The number of amides is 1. The van der Waals surface area contributed by atoms with E-state index in [1.807, 2.05) is 0 Å². The second-order valence-electron chi connectivity index (χ2n) is 5.41. The molecule has 0 radical (unpaired) electrons. The van der Waals surface area contributed by atoms with E-state index in [1.54, 1.807) is 26.0 Å². The molecule has 0 saturated heterocycles. The first kappa shape index (κ1) is 16.9. The number of aromatic nitrogens is 1. The number of nitrogens with zero attached hydrogens (tertiary/aromatic N) is 1. The lowest BCUT2D eigenvalue weighted by molar-refractivity contribution is -0.620. The minimum absolute atomic E-state index is 0.183. The number of hydrogen-bond acceptors (Lipinski definition) is 3. The summed E-state index contributed by atoms with van der Waals surface area (Å²) in [5.74, 6) is -0.989. The summed E-state index contributed by atoms with van der Waals surface area (Å²) >= 11 is 0. The average molecular weight is 318 g/mol. The number of benzene rings is 1. The summed E-state index contributed by atoms with van der Waals surface area (Å²) in [6, 6.07) is 5.95. The third-order valence-electron chi connectivity index (χ3n) is 3.92. The smallest absolute Gasteiger partial charge is 0.255 e. The van der Waals surface area contributed by atoms with Crippen molar-refractivity contribution in [3.05, 3.63) is 68.9 Å². The zero-order valence-corrected chi connectivity index (χ0v) is 13.4. The van der Waals surface area contributed by atoms with Crippen LogP contribution in [0.2, 0.25) is 0 Å². The Bertz CT molecular complexity index is 743. The van der Waals surface area contributed by atoms with Crippen molar-refractivity contribution in [2.75, 3.05) is 7.11 Å². The van der Waals surface area contributed by atoms with E-state index in [0.29, 0.717) is 23.2 Å². The molecular formula is C17H19FN2O3. The van der Waals surface area contributed by atoms with Crippen molar-refractivity contribution in [2.45, 2.75) is 26.9 Å². The fourth-order valence-electron chi connectivity index (χ4n) is 2.69. The normalized spacial score (nSPS) is 10.8. The number of ether oxygens (including phenoxy) is 1. The second-order valence-corrected chi connectivity index (χ2v) is 5.41. The minimum Gasteiger partial charge on any atom is -0.618 e. The summed E-state index contributed by atoms with van der Waals surface area (Å²) in [5.41, 5.74) is 8.42. The van der Waals surface area contributed by atoms with E-state index in [0.717, 1.165) is 10.3 Å². The van der Waals surface area contributed by atoms with E-state index in [2.05, 4.69) is 0 Å². The summed E-state index contributed by atoms with van der Waals surface area (Å²) in [6.07, 6.45) is 0.326. The van der Waals surface area contributed by atoms with Gasteiger partial charge in [-0.25, -0.2) is 4.39 Å². The van der Waals surface area contributed by atoms with Crippen LogP contribution >= 0.6 is 0 Å². The molecular weight excluding hydrogens is 299 g/mol. The van der Waals surface area contributed by atoms with Crippen molar-refractivity contribution < 1.29 is 18.7 Å². The van der Waals surface area contributed by atoms with E-state index in [4.69, 9.17) is 10.5 Å². The van der Waals surface area contributed by atoms with Crippen LogP contribution in [0.4, 0.5) is 4.39 Å². The van der Waals surface area contributed by atoms with Crippen LogP contribution in [0, 0.1) is 24.9 Å². The summed E-state index contributed by atoms with van der Waals surface area (Å²) in [4.78, 5) is 11.7. The largest absolute Gasteiger partial charge is 0.618 e. The Labute approximate surface area is 134 Å². The molecule has 1 amide bonds. The van der Waals surface area contributed by atoms with E-state index in [9.17, 15) is 14.4 Å². The van der Waals surface area contributed by atoms with Gasteiger partial charge < -0.3 is 15.7 Å². The van der Waals surface area contributed by atoms with Gasteiger partial charge in [0.1, 0.15) is 11.4 Å². The summed E-state index contributed by atoms with van der Waals surface area (Å²) in [5, 5.41) is 12.5. The molecule has 0 fully saturated rings. The van der Waals surface area contributed by atoms with Crippen molar-refractivity contribution in [1.29, 1.82) is 0 Å². The molecule has 0 aliphatic rings. The summed E-state index contributed by atoms with van der Waals surface area (Å²) in [6.45, 7) is 3.50.